The zero-order chi connectivity index (χ0) is 18.1. The van der Waals surface area contributed by atoms with E-state index in [1.54, 1.807) is 23.0 Å². The van der Waals surface area contributed by atoms with Crippen molar-refractivity contribution in [2.75, 3.05) is 11.1 Å². The maximum atomic E-state index is 13.5. The van der Waals surface area contributed by atoms with E-state index in [4.69, 9.17) is 11.6 Å². The van der Waals surface area contributed by atoms with Crippen LogP contribution in [-0.4, -0.2) is 21.4 Å². The minimum Gasteiger partial charge on any atom is -0.310 e. The fourth-order valence-corrected chi connectivity index (χ4v) is 4.24. The van der Waals surface area contributed by atoms with Gasteiger partial charge in [-0.05, 0) is 23.3 Å². The van der Waals surface area contributed by atoms with Gasteiger partial charge in [0.1, 0.15) is 11.6 Å². The summed E-state index contributed by atoms with van der Waals surface area (Å²) in [4.78, 5) is 12.2. The quantitative estimate of drug-likeness (QED) is 0.719. The third-order valence-electron chi connectivity index (χ3n) is 4.21. The lowest BCUT2D eigenvalue weighted by Gasteiger charge is -2.15. The number of rotatable bonds is 3. The van der Waals surface area contributed by atoms with Crippen molar-refractivity contribution in [1.82, 2.24) is 9.78 Å². The lowest BCUT2D eigenvalue weighted by atomic mass is 10.1. The number of amides is 1. The number of halogens is 2. The van der Waals surface area contributed by atoms with Crippen molar-refractivity contribution in [3.8, 4) is 0 Å². The Morgan fingerprint density at radius 1 is 1.27 bits per heavy atom. The summed E-state index contributed by atoms with van der Waals surface area (Å²) in [5.74, 6) is 0.443. The van der Waals surface area contributed by atoms with Gasteiger partial charge in [0, 0.05) is 5.56 Å². The standard InChI is InChI=1S/C19H15ClFN3OS/c20-15-8-13(6-7-16(15)21)18-14-9-22-24(10-12-4-2-1-3-5-12)19(14)23-17(25)11-26-18/h1-9,18H,10-11H2,(H,23,25)/t18-/m1/s1. The molecule has 1 atom stereocenters. The molecule has 1 N–H and O–H groups in total. The highest BCUT2D eigenvalue weighted by atomic mass is 35.5. The fourth-order valence-electron chi connectivity index (χ4n) is 2.97. The molecular weight excluding hydrogens is 373 g/mol. The molecule has 2 aromatic carbocycles. The van der Waals surface area contributed by atoms with Crippen LogP contribution in [0.1, 0.15) is 21.9 Å². The summed E-state index contributed by atoms with van der Waals surface area (Å²) in [6.45, 7) is 0.554. The van der Waals surface area contributed by atoms with Crippen molar-refractivity contribution in [1.29, 1.82) is 0 Å². The van der Waals surface area contributed by atoms with Crippen LogP contribution in [0.5, 0.6) is 0 Å². The molecule has 0 fully saturated rings. The summed E-state index contributed by atoms with van der Waals surface area (Å²) in [6, 6.07) is 14.6. The third-order valence-corrected chi connectivity index (χ3v) is 5.79. The lowest BCUT2D eigenvalue weighted by molar-refractivity contribution is -0.113. The molecule has 3 aromatic rings. The van der Waals surface area contributed by atoms with Crippen molar-refractivity contribution in [2.24, 2.45) is 0 Å². The Morgan fingerprint density at radius 3 is 2.85 bits per heavy atom. The molecule has 1 aromatic heterocycles. The van der Waals surface area contributed by atoms with E-state index in [0.717, 1.165) is 16.7 Å². The monoisotopic (exact) mass is 387 g/mol. The van der Waals surface area contributed by atoms with Crippen molar-refractivity contribution < 1.29 is 9.18 Å². The van der Waals surface area contributed by atoms with Crippen LogP contribution >= 0.6 is 23.4 Å². The van der Waals surface area contributed by atoms with Crippen LogP contribution in [-0.2, 0) is 11.3 Å². The van der Waals surface area contributed by atoms with Crippen LogP contribution in [0, 0.1) is 5.82 Å². The highest BCUT2D eigenvalue weighted by Gasteiger charge is 2.28. The number of hydrogen-bond donors (Lipinski definition) is 1. The maximum Gasteiger partial charge on any atom is 0.235 e. The predicted octanol–water partition coefficient (Wildman–Crippen LogP) is 4.50. The Morgan fingerprint density at radius 2 is 2.08 bits per heavy atom. The molecule has 0 bridgehead atoms. The number of anilines is 1. The number of fused-ring (bicyclic) bond motifs is 1. The molecule has 7 heteroatoms. The van der Waals surface area contributed by atoms with Gasteiger partial charge in [-0.1, -0.05) is 48.0 Å². The summed E-state index contributed by atoms with van der Waals surface area (Å²) >= 11 is 7.43. The van der Waals surface area contributed by atoms with Crippen LogP contribution < -0.4 is 5.32 Å². The van der Waals surface area contributed by atoms with Gasteiger partial charge in [-0.15, -0.1) is 11.8 Å². The van der Waals surface area contributed by atoms with Gasteiger partial charge in [-0.2, -0.15) is 5.10 Å². The highest BCUT2D eigenvalue weighted by Crippen LogP contribution is 2.42. The second-order valence-corrected chi connectivity index (χ2v) is 7.51. The van der Waals surface area contributed by atoms with Crippen molar-refractivity contribution in [3.63, 3.8) is 0 Å². The number of nitrogens with one attached hydrogen (secondary N) is 1. The van der Waals surface area contributed by atoms with E-state index in [0.29, 0.717) is 18.1 Å². The van der Waals surface area contributed by atoms with Crippen LogP contribution in [0.25, 0.3) is 0 Å². The van der Waals surface area contributed by atoms with Gasteiger partial charge in [0.05, 0.1) is 28.8 Å². The van der Waals surface area contributed by atoms with E-state index in [-0.39, 0.29) is 16.2 Å². The van der Waals surface area contributed by atoms with Crippen LogP contribution in [0.2, 0.25) is 5.02 Å². The minimum atomic E-state index is -0.455. The fraction of sp³-hybridized carbons (Fsp3) is 0.158. The van der Waals surface area contributed by atoms with E-state index in [1.807, 2.05) is 30.3 Å². The largest absolute Gasteiger partial charge is 0.310 e. The number of aromatic nitrogens is 2. The number of thioether (sulfide) groups is 1. The molecule has 1 aliphatic heterocycles. The Bertz CT molecular complexity index is 961. The van der Waals surface area contributed by atoms with E-state index in [1.165, 1.54) is 17.8 Å². The molecule has 0 saturated heterocycles. The number of hydrogen-bond acceptors (Lipinski definition) is 3. The third kappa shape index (κ3) is 3.34. The first-order valence-corrected chi connectivity index (χ1v) is 9.50. The molecule has 1 aliphatic rings. The van der Waals surface area contributed by atoms with Crippen LogP contribution in [0.15, 0.2) is 54.7 Å². The lowest BCUT2D eigenvalue weighted by Crippen LogP contribution is -2.16. The summed E-state index contributed by atoms with van der Waals surface area (Å²) in [5.41, 5.74) is 2.82. The second-order valence-electron chi connectivity index (χ2n) is 6.00. The molecule has 132 valence electrons. The van der Waals surface area contributed by atoms with Gasteiger partial charge in [0.25, 0.3) is 0 Å². The zero-order valence-electron chi connectivity index (χ0n) is 13.7. The number of carbonyl (C=O) groups excluding carboxylic acids is 1. The molecule has 26 heavy (non-hydrogen) atoms. The molecule has 0 spiro atoms. The van der Waals surface area contributed by atoms with E-state index in [9.17, 15) is 9.18 Å². The average molecular weight is 388 g/mol. The van der Waals surface area contributed by atoms with E-state index >= 15 is 0 Å². The average Bonchev–Trinajstić information content (AvgIpc) is 2.92. The molecular formula is C19H15ClFN3OS. The van der Waals surface area contributed by atoms with Gasteiger partial charge < -0.3 is 5.32 Å². The van der Waals surface area contributed by atoms with Gasteiger partial charge in [-0.3, -0.25) is 4.79 Å². The molecule has 0 saturated carbocycles. The SMILES string of the molecule is O=C1CS[C@H](c2ccc(F)c(Cl)c2)c2cnn(Cc3ccccc3)c2N1. The Labute approximate surface area is 159 Å². The number of carbonyl (C=O) groups is 1. The summed E-state index contributed by atoms with van der Waals surface area (Å²) in [6.07, 6.45) is 1.76. The smallest absolute Gasteiger partial charge is 0.235 e. The Hall–Kier alpha value is -2.31. The molecule has 0 radical (unpaired) electrons. The van der Waals surface area contributed by atoms with Gasteiger partial charge >= 0.3 is 0 Å². The van der Waals surface area contributed by atoms with Crippen molar-refractivity contribution in [3.05, 3.63) is 82.3 Å². The first kappa shape index (κ1) is 17.1. The van der Waals surface area contributed by atoms with Crippen molar-refractivity contribution >= 4 is 35.1 Å². The molecule has 1 amide bonds. The van der Waals surface area contributed by atoms with Crippen LogP contribution in [0.4, 0.5) is 10.2 Å². The highest BCUT2D eigenvalue weighted by molar-refractivity contribution is 8.00. The first-order valence-electron chi connectivity index (χ1n) is 8.08. The second kappa shape index (κ2) is 7.13. The number of nitrogens with zero attached hydrogens (tertiary/aromatic N) is 2. The Balaban J connectivity index is 1.74. The minimum absolute atomic E-state index is 0.0739. The van der Waals surface area contributed by atoms with Gasteiger partial charge in [0.2, 0.25) is 5.91 Å². The molecule has 0 unspecified atom stereocenters. The molecule has 4 rings (SSSR count). The Kier molecular flexibility index (Phi) is 4.70. The molecule has 0 aliphatic carbocycles. The maximum absolute atomic E-state index is 13.5. The normalized spacial score (nSPS) is 16.7. The zero-order valence-corrected chi connectivity index (χ0v) is 15.2. The molecule has 4 nitrogen and oxygen atoms in total. The first-order chi connectivity index (χ1) is 12.6. The van der Waals surface area contributed by atoms with Gasteiger partial charge in [0.15, 0.2) is 0 Å². The summed E-state index contributed by atoms with van der Waals surface area (Å²) < 4.78 is 15.3. The summed E-state index contributed by atoms with van der Waals surface area (Å²) in [5, 5.41) is 7.34. The molecule has 2 heterocycles. The van der Waals surface area contributed by atoms with E-state index in [2.05, 4.69) is 10.4 Å². The topological polar surface area (TPSA) is 46.9 Å². The number of benzene rings is 2. The van der Waals surface area contributed by atoms with Gasteiger partial charge in [-0.25, -0.2) is 9.07 Å². The predicted molar refractivity (Wildman–Crippen MR) is 102 cm³/mol. The van der Waals surface area contributed by atoms with Crippen LogP contribution in [0.3, 0.4) is 0 Å². The summed E-state index contributed by atoms with van der Waals surface area (Å²) in [7, 11) is 0. The van der Waals surface area contributed by atoms with E-state index < -0.39 is 5.82 Å². The van der Waals surface area contributed by atoms with Crippen molar-refractivity contribution in [2.45, 2.75) is 11.8 Å².